The van der Waals surface area contributed by atoms with Gasteiger partial charge in [0.05, 0.1) is 22.5 Å². The molecule has 1 fully saturated rings. The SMILES string of the molecule is Nc1c(S(=O)(=O)[N+](=O)C2CC2)cc(Nc2cccc(OC(F)(F)F)c2)c2c1C(=O)c1ccccc1C2=O. The first-order valence-corrected chi connectivity index (χ1v) is 12.3. The van der Waals surface area contributed by atoms with Gasteiger partial charge in [-0.2, -0.15) is 8.42 Å². The molecule has 13 heteroatoms. The van der Waals surface area contributed by atoms with Crippen LogP contribution in [-0.4, -0.2) is 36.6 Å². The minimum Gasteiger partial charge on any atom is -0.406 e. The smallest absolute Gasteiger partial charge is 0.406 e. The third kappa shape index (κ3) is 4.31. The highest BCUT2D eigenvalue weighted by atomic mass is 32.2. The molecule has 0 spiro atoms. The van der Waals surface area contributed by atoms with E-state index in [9.17, 15) is 36.1 Å². The zero-order chi connectivity index (χ0) is 26.7. The second kappa shape index (κ2) is 8.40. The van der Waals surface area contributed by atoms with Crippen molar-refractivity contribution in [2.75, 3.05) is 11.1 Å². The summed E-state index contributed by atoms with van der Waals surface area (Å²) in [6, 6.07) is 10.6. The molecule has 9 nitrogen and oxygen atoms in total. The van der Waals surface area contributed by atoms with Crippen LogP contribution in [0.4, 0.5) is 30.2 Å². The number of halogens is 3. The Kier molecular flexibility index (Phi) is 5.55. The minimum atomic E-state index is -4.97. The van der Waals surface area contributed by atoms with Crippen LogP contribution >= 0.6 is 0 Å². The van der Waals surface area contributed by atoms with Crippen LogP contribution in [0.25, 0.3) is 0 Å². The van der Waals surface area contributed by atoms with E-state index in [0.717, 1.165) is 18.2 Å². The topological polar surface area (TPSA) is 136 Å². The zero-order valence-electron chi connectivity index (χ0n) is 18.7. The Bertz CT molecular complexity index is 1610. The summed E-state index contributed by atoms with van der Waals surface area (Å²) in [7, 11) is -4.73. The van der Waals surface area contributed by atoms with Gasteiger partial charge in [-0.3, -0.25) is 9.59 Å². The quantitative estimate of drug-likeness (QED) is 0.277. The fourth-order valence-corrected chi connectivity index (χ4v) is 5.55. The van der Waals surface area contributed by atoms with Crippen LogP contribution < -0.4 is 15.8 Å². The first-order chi connectivity index (χ1) is 17.4. The van der Waals surface area contributed by atoms with Gasteiger partial charge in [0.2, 0.25) is 6.04 Å². The fourth-order valence-electron chi connectivity index (χ4n) is 4.11. The molecule has 3 N–H and O–H groups in total. The number of hydrogen-bond acceptors (Lipinski definition) is 8. The van der Waals surface area contributed by atoms with Gasteiger partial charge in [-0.15, -0.1) is 13.2 Å². The van der Waals surface area contributed by atoms with E-state index in [-0.39, 0.29) is 32.2 Å². The molecule has 190 valence electrons. The fraction of sp³-hybridized carbons (Fsp3) is 0.167. The molecule has 3 aromatic carbocycles. The predicted octanol–water partition coefficient (Wildman–Crippen LogP) is 4.32. The van der Waals surface area contributed by atoms with Gasteiger partial charge in [-0.25, -0.2) is 0 Å². The summed E-state index contributed by atoms with van der Waals surface area (Å²) in [4.78, 5) is 38.7. The van der Waals surface area contributed by atoms with E-state index < -0.39 is 55.9 Å². The Hall–Kier alpha value is -4.26. The molecular weight excluding hydrogens is 515 g/mol. The first-order valence-electron chi connectivity index (χ1n) is 10.9. The number of ether oxygens (including phenoxy) is 1. The first kappa shape index (κ1) is 24.4. The number of nitrogen functional groups attached to an aromatic ring is 1. The highest BCUT2D eigenvalue weighted by molar-refractivity contribution is 7.85. The Balaban J connectivity index is 1.71. The number of nitroso groups, excluding NO2 is 1. The Morgan fingerprint density at radius 3 is 2.16 bits per heavy atom. The Morgan fingerprint density at radius 2 is 1.57 bits per heavy atom. The molecule has 0 bridgehead atoms. The van der Waals surface area contributed by atoms with E-state index in [0.29, 0.717) is 12.8 Å². The molecule has 0 atom stereocenters. The molecule has 5 rings (SSSR count). The molecule has 0 radical (unpaired) electrons. The zero-order valence-corrected chi connectivity index (χ0v) is 19.5. The van der Waals surface area contributed by atoms with Crippen LogP contribution in [0.2, 0.25) is 0 Å². The van der Waals surface area contributed by atoms with Crippen molar-refractivity contribution in [1.82, 2.24) is 0 Å². The number of carbonyl (C=O) groups is 2. The van der Waals surface area contributed by atoms with Gasteiger partial charge in [-0.05, 0) is 18.2 Å². The van der Waals surface area contributed by atoms with Gasteiger partial charge in [0.1, 0.15) is 9.91 Å². The third-order valence-electron chi connectivity index (χ3n) is 5.91. The maximum Gasteiger partial charge on any atom is 0.573 e. The van der Waals surface area contributed by atoms with Gasteiger partial charge < -0.3 is 15.8 Å². The summed E-state index contributed by atoms with van der Waals surface area (Å²) in [5, 5.41) is 2.70. The van der Waals surface area contributed by atoms with Gasteiger partial charge in [-0.1, -0.05) is 30.3 Å². The molecule has 0 aromatic heterocycles. The average Bonchev–Trinajstić information content (AvgIpc) is 3.67. The molecule has 0 amide bonds. The number of hydrogen-bond donors (Lipinski definition) is 2. The van der Waals surface area contributed by atoms with Gasteiger partial charge in [0.15, 0.2) is 16.5 Å². The number of alkyl halides is 3. The van der Waals surface area contributed by atoms with Crippen LogP contribution in [0, 0.1) is 4.91 Å². The van der Waals surface area contributed by atoms with Crippen molar-refractivity contribution in [3.8, 4) is 5.75 Å². The normalized spacial score (nSPS) is 15.1. The van der Waals surface area contributed by atoms with Crippen LogP contribution in [0.3, 0.4) is 0 Å². The van der Waals surface area contributed by atoms with Crippen LogP contribution in [-0.2, 0) is 10.0 Å². The standard InChI is InChI=1S/C24H16F3N3O6S/c25-24(26,27)36-14-5-3-4-12(10-14)29-17-11-18(37(34,35)30(33)13-8-9-13)21(28)20-19(17)22(31)15-6-1-2-7-16(15)23(20)32/h1-7,10-11,13H,8-9H2,(H2-,28,29,31,32)/p+1. The monoisotopic (exact) mass is 532 g/mol. The van der Waals surface area contributed by atoms with Crippen molar-refractivity contribution >= 4 is 38.7 Å². The third-order valence-corrected chi connectivity index (χ3v) is 7.57. The van der Waals surface area contributed by atoms with E-state index in [1.54, 1.807) is 0 Å². The lowest BCUT2D eigenvalue weighted by Gasteiger charge is -2.23. The lowest BCUT2D eigenvalue weighted by atomic mass is 9.82. The molecule has 0 heterocycles. The molecule has 1 saturated carbocycles. The van der Waals surface area contributed by atoms with Crippen molar-refractivity contribution in [1.29, 1.82) is 0 Å². The number of rotatable bonds is 6. The van der Waals surface area contributed by atoms with Crippen LogP contribution in [0.1, 0.15) is 44.7 Å². The average molecular weight is 532 g/mol. The predicted molar refractivity (Wildman–Crippen MR) is 124 cm³/mol. The molecule has 2 aliphatic carbocycles. The summed E-state index contributed by atoms with van der Waals surface area (Å²) < 4.78 is 68.2. The highest BCUT2D eigenvalue weighted by Gasteiger charge is 2.49. The van der Waals surface area contributed by atoms with Crippen LogP contribution in [0.5, 0.6) is 5.75 Å². The molecule has 3 aromatic rings. The number of ketones is 2. The number of fused-ring (bicyclic) bond motifs is 2. The highest BCUT2D eigenvalue weighted by Crippen LogP contribution is 2.41. The Morgan fingerprint density at radius 1 is 0.946 bits per heavy atom. The molecule has 2 aliphatic rings. The van der Waals surface area contributed by atoms with E-state index in [2.05, 4.69) is 10.1 Å². The summed E-state index contributed by atoms with van der Waals surface area (Å²) in [5.41, 5.74) is 4.65. The van der Waals surface area contributed by atoms with E-state index in [1.165, 1.54) is 36.4 Å². The van der Waals surface area contributed by atoms with E-state index >= 15 is 0 Å². The lowest BCUT2D eigenvalue weighted by Crippen LogP contribution is -2.27. The van der Waals surface area contributed by atoms with Crippen LogP contribution in [0.15, 0.2) is 59.5 Å². The van der Waals surface area contributed by atoms with Crippen molar-refractivity contribution in [2.45, 2.75) is 30.1 Å². The van der Waals surface area contributed by atoms with E-state index in [1.807, 2.05) is 0 Å². The number of benzene rings is 3. The van der Waals surface area contributed by atoms with Gasteiger partial charge in [0, 0.05) is 40.6 Å². The molecule has 37 heavy (non-hydrogen) atoms. The van der Waals surface area contributed by atoms with Crippen molar-refractivity contribution in [3.05, 3.63) is 81.8 Å². The van der Waals surface area contributed by atoms with Crippen molar-refractivity contribution < 1.29 is 40.1 Å². The summed E-state index contributed by atoms with van der Waals surface area (Å²) in [6.45, 7) is 0. The number of sulfonamides is 1. The maximum atomic E-state index is 13.4. The summed E-state index contributed by atoms with van der Waals surface area (Å²) in [5.74, 6) is -1.98. The second-order valence-electron chi connectivity index (χ2n) is 8.48. The summed E-state index contributed by atoms with van der Waals surface area (Å²) >= 11 is 0. The Labute approximate surface area is 207 Å². The number of carbonyl (C=O) groups excluding carboxylic acids is 2. The molecule has 0 saturated heterocycles. The summed E-state index contributed by atoms with van der Waals surface area (Å²) in [6.07, 6.45) is -4.25. The minimum absolute atomic E-state index is 0.00561. The second-order valence-corrected chi connectivity index (χ2v) is 10.2. The van der Waals surface area contributed by atoms with Crippen molar-refractivity contribution in [2.24, 2.45) is 0 Å². The van der Waals surface area contributed by atoms with Gasteiger partial charge >= 0.3 is 16.4 Å². The number of nitrogens with two attached hydrogens (primary N) is 1. The number of nitrogens with one attached hydrogen (secondary N) is 1. The van der Waals surface area contributed by atoms with E-state index in [4.69, 9.17) is 5.73 Å². The van der Waals surface area contributed by atoms with Gasteiger partial charge in [0.25, 0.3) is 0 Å². The molecule has 0 unspecified atom stereocenters. The number of anilines is 3. The maximum absolute atomic E-state index is 13.4. The van der Waals surface area contributed by atoms with Crippen molar-refractivity contribution in [3.63, 3.8) is 0 Å². The largest absolute Gasteiger partial charge is 0.573 e. The number of nitrogens with zero attached hydrogens (tertiary/aromatic N) is 1. The molecular formula is C24H17F3N3O6S+. The lowest BCUT2D eigenvalue weighted by molar-refractivity contribution is -0.405. The molecule has 0 aliphatic heterocycles.